The van der Waals surface area contributed by atoms with Gasteiger partial charge in [0.25, 0.3) is 0 Å². The minimum Gasteiger partial charge on any atom is -0.377 e. The zero-order valence-electron chi connectivity index (χ0n) is 15.6. The topological polar surface area (TPSA) is 9.23 Å². The van der Waals surface area contributed by atoms with Crippen LogP contribution in [0.3, 0.4) is 0 Å². The van der Waals surface area contributed by atoms with Crippen molar-refractivity contribution in [3.63, 3.8) is 0 Å². The summed E-state index contributed by atoms with van der Waals surface area (Å²) >= 11 is 0. The smallest absolute Gasteiger partial charge is 0.0716 e. The lowest BCUT2D eigenvalue weighted by atomic mass is 9.76. The molecule has 1 fully saturated rings. The lowest BCUT2D eigenvalue weighted by Crippen LogP contribution is -2.12. The van der Waals surface area contributed by atoms with Crippen LogP contribution in [-0.4, -0.2) is 6.61 Å². The fraction of sp³-hybridized carbons (Fsp3) is 0.417. The number of hydrogen-bond donors (Lipinski definition) is 0. The zero-order chi connectivity index (χ0) is 17.5. The minimum absolute atomic E-state index is 0.722. The van der Waals surface area contributed by atoms with E-state index in [-0.39, 0.29) is 0 Å². The van der Waals surface area contributed by atoms with Gasteiger partial charge < -0.3 is 4.74 Å². The lowest BCUT2D eigenvalue weighted by Gasteiger charge is -2.29. The fourth-order valence-electron chi connectivity index (χ4n) is 3.94. The van der Waals surface area contributed by atoms with E-state index in [9.17, 15) is 0 Å². The molecule has 2 aromatic rings. The molecule has 2 aromatic carbocycles. The first-order valence-electron chi connectivity index (χ1n) is 9.69. The third-order valence-electron chi connectivity index (χ3n) is 5.42. The van der Waals surface area contributed by atoms with Crippen molar-refractivity contribution in [3.8, 4) is 0 Å². The highest BCUT2D eigenvalue weighted by atomic mass is 16.5. The van der Waals surface area contributed by atoms with Gasteiger partial charge in [-0.05, 0) is 73.6 Å². The summed E-state index contributed by atoms with van der Waals surface area (Å²) in [5.74, 6) is 1.45. The summed E-state index contributed by atoms with van der Waals surface area (Å²) in [6.45, 7) is 5.62. The lowest BCUT2D eigenvalue weighted by molar-refractivity contribution is 0.134. The van der Waals surface area contributed by atoms with Gasteiger partial charge in [0, 0.05) is 6.61 Å². The van der Waals surface area contributed by atoms with Gasteiger partial charge >= 0.3 is 0 Å². The largest absolute Gasteiger partial charge is 0.377 e. The third-order valence-corrected chi connectivity index (χ3v) is 5.42. The quantitative estimate of drug-likeness (QED) is 0.571. The molecule has 1 nitrogen and oxygen atoms in total. The number of allylic oxidation sites excluding steroid dienone is 1. The van der Waals surface area contributed by atoms with Crippen LogP contribution in [0.1, 0.15) is 73.6 Å². The number of benzene rings is 2. The van der Waals surface area contributed by atoms with Gasteiger partial charge in [-0.2, -0.15) is 0 Å². The Morgan fingerprint density at radius 1 is 0.840 bits per heavy atom. The Morgan fingerprint density at radius 3 is 1.84 bits per heavy atom. The highest BCUT2D eigenvalue weighted by Gasteiger charge is 2.23. The van der Waals surface area contributed by atoms with Gasteiger partial charge in [0.2, 0.25) is 0 Å². The summed E-state index contributed by atoms with van der Waals surface area (Å²) in [5, 5.41) is 0. The standard InChI is InChI=1S/C24H30O/c1-3-5-19-6-10-21(11-7-19)23-14-16-24(17-15-23)22-12-8-20(9-13-22)18-25-4-2/h3,5-13,23-24H,4,14-18H2,1-2H3/t23-,24-. The maximum absolute atomic E-state index is 5.49. The van der Waals surface area contributed by atoms with Gasteiger partial charge in [0.05, 0.1) is 6.61 Å². The molecule has 0 unspecified atom stereocenters. The number of hydrogen-bond acceptors (Lipinski definition) is 1. The van der Waals surface area contributed by atoms with Crippen molar-refractivity contribution >= 4 is 6.08 Å². The molecule has 0 amide bonds. The first-order chi connectivity index (χ1) is 12.3. The highest BCUT2D eigenvalue weighted by molar-refractivity contribution is 5.49. The van der Waals surface area contributed by atoms with E-state index < -0.39 is 0 Å². The van der Waals surface area contributed by atoms with Gasteiger partial charge in [-0.15, -0.1) is 0 Å². The van der Waals surface area contributed by atoms with Crippen LogP contribution in [0.25, 0.3) is 6.08 Å². The molecule has 0 aliphatic heterocycles. The summed E-state index contributed by atoms with van der Waals surface area (Å²) in [5.41, 5.74) is 5.59. The molecule has 0 bridgehead atoms. The van der Waals surface area contributed by atoms with Crippen LogP contribution in [0, 0.1) is 0 Å². The second-order valence-electron chi connectivity index (χ2n) is 7.09. The zero-order valence-corrected chi connectivity index (χ0v) is 15.6. The first kappa shape index (κ1) is 17.9. The van der Waals surface area contributed by atoms with Crippen molar-refractivity contribution in [2.75, 3.05) is 6.61 Å². The predicted molar refractivity (Wildman–Crippen MR) is 107 cm³/mol. The molecular weight excluding hydrogens is 304 g/mol. The molecule has 0 heterocycles. The molecule has 1 heteroatoms. The van der Waals surface area contributed by atoms with E-state index in [0.717, 1.165) is 25.0 Å². The molecule has 1 aliphatic carbocycles. The second-order valence-corrected chi connectivity index (χ2v) is 7.09. The van der Waals surface area contributed by atoms with Crippen molar-refractivity contribution in [1.82, 2.24) is 0 Å². The Kier molecular flexibility index (Phi) is 6.47. The molecule has 0 atom stereocenters. The Balaban J connectivity index is 1.56. The maximum atomic E-state index is 5.49. The number of ether oxygens (including phenoxy) is 1. The molecule has 0 aromatic heterocycles. The minimum atomic E-state index is 0.722. The Labute approximate surface area is 152 Å². The molecule has 0 radical (unpaired) electrons. The molecule has 1 saturated carbocycles. The van der Waals surface area contributed by atoms with Crippen molar-refractivity contribution in [2.45, 2.75) is 58.0 Å². The summed E-state index contributed by atoms with van der Waals surface area (Å²) in [7, 11) is 0. The van der Waals surface area contributed by atoms with E-state index in [1.807, 2.05) is 6.92 Å². The maximum Gasteiger partial charge on any atom is 0.0716 e. The molecular formula is C24H30O. The Bertz CT molecular complexity index is 658. The Hall–Kier alpha value is -1.86. The molecule has 0 N–H and O–H groups in total. The van der Waals surface area contributed by atoms with Crippen LogP contribution in [-0.2, 0) is 11.3 Å². The van der Waals surface area contributed by atoms with Crippen LogP contribution in [0.2, 0.25) is 0 Å². The van der Waals surface area contributed by atoms with E-state index >= 15 is 0 Å². The van der Waals surface area contributed by atoms with Crippen molar-refractivity contribution in [1.29, 1.82) is 0 Å². The SMILES string of the molecule is CC=Cc1ccc([C@H]2CC[C@H](c3ccc(COCC)cc3)CC2)cc1. The van der Waals surface area contributed by atoms with Crippen LogP contribution < -0.4 is 0 Å². The monoisotopic (exact) mass is 334 g/mol. The molecule has 3 rings (SSSR count). The van der Waals surface area contributed by atoms with Crippen LogP contribution >= 0.6 is 0 Å². The van der Waals surface area contributed by atoms with Gasteiger partial charge in [-0.3, -0.25) is 0 Å². The second kappa shape index (κ2) is 9.01. The van der Waals surface area contributed by atoms with Crippen molar-refractivity contribution in [2.24, 2.45) is 0 Å². The Morgan fingerprint density at radius 2 is 1.36 bits per heavy atom. The fourth-order valence-corrected chi connectivity index (χ4v) is 3.94. The van der Waals surface area contributed by atoms with Gasteiger partial charge in [0.1, 0.15) is 0 Å². The molecule has 25 heavy (non-hydrogen) atoms. The molecule has 0 saturated heterocycles. The number of rotatable bonds is 6. The normalized spacial score (nSPS) is 20.9. The third kappa shape index (κ3) is 4.83. The first-order valence-corrected chi connectivity index (χ1v) is 9.69. The average molecular weight is 335 g/mol. The van der Waals surface area contributed by atoms with E-state index in [1.54, 1.807) is 0 Å². The molecule has 0 spiro atoms. The summed E-state index contributed by atoms with van der Waals surface area (Å²) in [6, 6.07) is 18.2. The highest BCUT2D eigenvalue weighted by Crippen LogP contribution is 2.40. The van der Waals surface area contributed by atoms with E-state index in [4.69, 9.17) is 4.74 Å². The van der Waals surface area contributed by atoms with Crippen LogP contribution in [0.15, 0.2) is 54.6 Å². The van der Waals surface area contributed by atoms with E-state index in [1.165, 1.54) is 47.9 Å². The van der Waals surface area contributed by atoms with Crippen LogP contribution in [0.5, 0.6) is 0 Å². The average Bonchev–Trinajstić information content (AvgIpc) is 2.68. The van der Waals surface area contributed by atoms with E-state index in [0.29, 0.717) is 0 Å². The molecule has 1 aliphatic rings. The van der Waals surface area contributed by atoms with Crippen molar-refractivity contribution in [3.05, 3.63) is 76.9 Å². The van der Waals surface area contributed by atoms with Crippen LogP contribution in [0.4, 0.5) is 0 Å². The predicted octanol–water partition coefficient (Wildman–Crippen LogP) is 6.70. The van der Waals surface area contributed by atoms with E-state index in [2.05, 4.69) is 67.6 Å². The van der Waals surface area contributed by atoms with Gasteiger partial charge in [0.15, 0.2) is 0 Å². The summed E-state index contributed by atoms with van der Waals surface area (Å²) in [4.78, 5) is 0. The summed E-state index contributed by atoms with van der Waals surface area (Å²) < 4.78 is 5.49. The van der Waals surface area contributed by atoms with Gasteiger partial charge in [-0.25, -0.2) is 0 Å². The molecule has 132 valence electrons. The van der Waals surface area contributed by atoms with Gasteiger partial charge in [-0.1, -0.05) is 60.7 Å². The summed E-state index contributed by atoms with van der Waals surface area (Å²) in [6.07, 6.45) is 9.45. The van der Waals surface area contributed by atoms with Crippen molar-refractivity contribution < 1.29 is 4.74 Å².